The molecule has 1 atom stereocenters. The zero-order chi connectivity index (χ0) is 23.1. The van der Waals surface area contributed by atoms with Crippen LogP contribution in [-0.2, 0) is 9.59 Å². The number of carbonyl (C=O) groups is 2. The molecule has 4 aromatic rings. The highest BCUT2D eigenvalue weighted by Gasteiger charge is 2.47. The summed E-state index contributed by atoms with van der Waals surface area (Å²) in [5.41, 5.74) is 2.61. The van der Waals surface area contributed by atoms with Gasteiger partial charge in [0.15, 0.2) is 0 Å². The van der Waals surface area contributed by atoms with Gasteiger partial charge >= 0.3 is 0 Å². The van der Waals surface area contributed by atoms with Crippen LogP contribution in [0.5, 0.6) is 5.75 Å². The van der Waals surface area contributed by atoms with Crippen molar-refractivity contribution >= 4 is 50.0 Å². The Morgan fingerprint density at radius 2 is 1.76 bits per heavy atom. The lowest BCUT2D eigenvalue weighted by atomic mass is 9.94. The van der Waals surface area contributed by atoms with Gasteiger partial charge in [0.05, 0.1) is 23.2 Å². The molecule has 7 heteroatoms. The predicted molar refractivity (Wildman–Crippen MR) is 130 cm³/mol. The van der Waals surface area contributed by atoms with Gasteiger partial charge in [-0.15, -0.1) is 0 Å². The quantitative estimate of drug-likeness (QED) is 0.217. The number of aliphatic hydroxyl groups excluding tert-OH is 1. The highest BCUT2D eigenvalue weighted by Crippen LogP contribution is 2.44. The van der Waals surface area contributed by atoms with Gasteiger partial charge in [-0.2, -0.15) is 0 Å². The van der Waals surface area contributed by atoms with Crippen molar-refractivity contribution in [1.82, 2.24) is 4.98 Å². The summed E-state index contributed by atoms with van der Waals surface area (Å²) < 4.78 is 5.89. The number of aromatic nitrogens is 1. The first-order chi connectivity index (χ1) is 16.0. The molecule has 1 aliphatic heterocycles. The lowest BCUT2D eigenvalue weighted by Crippen LogP contribution is -2.29. The number of H-pyrrole nitrogens is 1. The number of benzene rings is 3. The highest BCUT2D eigenvalue weighted by atomic mass is 79.9. The third-order valence-electron chi connectivity index (χ3n) is 5.82. The SMILES string of the molecule is COc1ccc(/C(O)=C2\C(=O)C(=O)N(c3ccccc3)C2c2c[nH]c3ccccc23)cc1Br. The first-order valence-corrected chi connectivity index (χ1v) is 11.1. The number of nitrogens with zero attached hydrogens (tertiary/aromatic N) is 1. The van der Waals surface area contributed by atoms with E-state index in [1.165, 1.54) is 4.90 Å². The number of anilines is 1. The molecule has 0 aliphatic carbocycles. The number of halogens is 1. The molecule has 1 aliphatic rings. The van der Waals surface area contributed by atoms with E-state index in [9.17, 15) is 14.7 Å². The fourth-order valence-corrected chi connectivity index (χ4v) is 4.81. The number of fused-ring (bicyclic) bond motifs is 1. The van der Waals surface area contributed by atoms with Crippen LogP contribution in [0.25, 0.3) is 16.7 Å². The second kappa shape index (κ2) is 8.26. The van der Waals surface area contributed by atoms with Crippen molar-refractivity contribution in [3.63, 3.8) is 0 Å². The summed E-state index contributed by atoms with van der Waals surface area (Å²) >= 11 is 3.42. The molecular formula is C26H19BrN2O4. The van der Waals surface area contributed by atoms with Crippen LogP contribution < -0.4 is 9.64 Å². The Hall–Kier alpha value is -3.84. The number of methoxy groups -OCH3 is 1. The van der Waals surface area contributed by atoms with E-state index >= 15 is 0 Å². The zero-order valence-electron chi connectivity index (χ0n) is 17.6. The number of Topliss-reactive ketones (excluding diaryl/α,β-unsaturated/α-hetero) is 1. The maximum absolute atomic E-state index is 13.3. The van der Waals surface area contributed by atoms with Gasteiger partial charge in [-0.05, 0) is 52.3 Å². The summed E-state index contributed by atoms with van der Waals surface area (Å²) in [4.78, 5) is 31.2. The van der Waals surface area contributed by atoms with Gasteiger partial charge in [0, 0.05) is 33.9 Å². The molecule has 3 aromatic carbocycles. The standard InChI is InChI=1S/C26H19BrN2O4/c1-33-21-12-11-15(13-19(21)27)24(30)22-23(18-14-28-20-10-6-5-9-17(18)20)29(26(32)25(22)31)16-7-3-2-4-8-16/h2-14,23,28,30H,1H3/b24-22+. The predicted octanol–water partition coefficient (Wildman–Crippen LogP) is 5.57. The molecule has 1 saturated heterocycles. The first-order valence-electron chi connectivity index (χ1n) is 10.3. The van der Waals surface area contributed by atoms with Gasteiger partial charge in [-0.3, -0.25) is 14.5 Å². The van der Waals surface area contributed by atoms with E-state index in [0.29, 0.717) is 21.5 Å². The summed E-state index contributed by atoms with van der Waals surface area (Å²) in [7, 11) is 1.54. The smallest absolute Gasteiger partial charge is 0.300 e. The Labute approximate surface area is 198 Å². The minimum atomic E-state index is -0.801. The van der Waals surface area contributed by atoms with E-state index in [0.717, 1.165) is 16.5 Å². The average molecular weight is 503 g/mol. The van der Waals surface area contributed by atoms with E-state index < -0.39 is 17.7 Å². The zero-order valence-corrected chi connectivity index (χ0v) is 19.2. The topological polar surface area (TPSA) is 82.6 Å². The van der Waals surface area contributed by atoms with Crippen molar-refractivity contribution in [2.45, 2.75) is 6.04 Å². The van der Waals surface area contributed by atoms with Crippen molar-refractivity contribution in [2.24, 2.45) is 0 Å². The average Bonchev–Trinajstić information content (AvgIpc) is 3.37. The third-order valence-corrected chi connectivity index (χ3v) is 6.44. The van der Waals surface area contributed by atoms with Crippen molar-refractivity contribution in [3.05, 3.63) is 100 Å². The summed E-state index contributed by atoms with van der Waals surface area (Å²) in [5.74, 6) is -1.08. The van der Waals surface area contributed by atoms with Crippen LogP contribution >= 0.6 is 15.9 Å². The van der Waals surface area contributed by atoms with Crippen LogP contribution in [0.1, 0.15) is 17.2 Å². The molecule has 5 rings (SSSR count). The van der Waals surface area contributed by atoms with Gasteiger partial charge in [0.25, 0.3) is 11.7 Å². The summed E-state index contributed by atoms with van der Waals surface area (Å²) in [6.45, 7) is 0. The molecule has 164 valence electrons. The Balaban J connectivity index is 1.77. The number of aliphatic hydroxyl groups is 1. The maximum Gasteiger partial charge on any atom is 0.300 e. The fraction of sp³-hybridized carbons (Fsp3) is 0.0769. The number of rotatable bonds is 4. The summed E-state index contributed by atoms with van der Waals surface area (Å²) in [6.07, 6.45) is 1.79. The van der Waals surface area contributed by atoms with Gasteiger partial charge in [0.2, 0.25) is 0 Å². The number of ketones is 1. The van der Waals surface area contributed by atoms with Crippen LogP contribution in [0.3, 0.4) is 0 Å². The number of hydrogen-bond donors (Lipinski definition) is 2. The number of amides is 1. The second-order valence-electron chi connectivity index (χ2n) is 7.64. The molecule has 2 N–H and O–H groups in total. The molecule has 2 heterocycles. The molecule has 0 saturated carbocycles. The largest absolute Gasteiger partial charge is 0.507 e. The molecule has 6 nitrogen and oxygen atoms in total. The van der Waals surface area contributed by atoms with E-state index in [4.69, 9.17) is 4.74 Å². The van der Waals surface area contributed by atoms with Gasteiger partial charge in [0.1, 0.15) is 11.5 Å². The Morgan fingerprint density at radius 1 is 1.03 bits per heavy atom. The highest BCUT2D eigenvalue weighted by molar-refractivity contribution is 9.10. The first kappa shape index (κ1) is 21.0. The molecule has 0 radical (unpaired) electrons. The number of aromatic amines is 1. The Kier molecular flexibility index (Phi) is 5.26. The number of hydrogen-bond acceptors (Lipinski definition) is 4. The maximum atomic E-state index is 13.3. The van der Waals surface area contributed by atoms with Crippen LogP contribution in [-0.4, -0.2) is 28.9 Å². The minimum absolute atomic E-state index is 0.0330. The summed E-state index contributed by atoms with van der Waals surface area (Å²) in [5, 5.41) is 12.2. The molecule has 1 unspecified atom stereocenters. The van der Waals surface area contributed by atoms with E-state index in [1.807, 2.05) is 42.5 Å². The monoisotopic (exact) mass is 502 g/mol. The minimum Gasteiger partial charge on any atom is -0.507 e. The van der Waals surface area contributed by atoms with E-state index in [-0.39, 0.29) is 11.3 Å². The number of ether oxygens (including phenoxy) is 1. The van der Waals surface area contributed by atoms with Crippen molar-refractivity contribution in [2.75, 3.05) is 12.0 Å². The van der Waals surface area contributed by atoms with Crippen LogP contribution in [0.4, 0.5) is 5.69 Å². The third kappa shape index (κ3) is 3.41. The molecule has 1 fully saturated rings. The van der Waals surface area contributed by atoms with Crippen LogP contribution in [0.2, 0.25) is 0 Å². The van der Waals surface area contributed by atoms with Gasteiger partial charge in [-0.1, -0.05) is 36.4 Å². The molecule has 1 aromatic heterocycles. The van der Waals surface area contributed by atoms with Crippen LogP contribution in [0.15, 0.2) is 89.0 Å². The number of para-hydroxylation sites is 2. The Morgan fingerprint density at radius 3 is 2.48 bits per heavy atom. The molecule has 0 bridgehead atoms. The molecule has 1 amide bonds. The van der Waals surface area contributed by atoms with E-state index in [1.54, 1.807) is 43.6 Å². The molecule has 33 heavy (non-hydrogen) atoms. The van der Waals surface area contributed by atoms with Crippen LogP contribution in [0, 0.1) is 0 Å². The van der Waals surface area contributed by atoms with Crippen molar-refractivity contribution in [1.29, 1.82) is 0 Å². The second-order valence-corrected chi connectivity index (χ2v) is 8.50. The van der Waals surface area contributed by atoms with Crippen molar-refractivity contribution in [3.8, 4) is 5.75 Å². The fourth-order valence-electron chi connectivity index (χ4n) is 4.27. The van der Waals surface area contributed by atoms with Gasteiger partial charge in [-0.25, -0.2) is 0 Å². The number of nitrogens with one attached hydrogen (secondary N) is 1. The van der Waals surface area contributed by atoms with E-state index in [2.05, 4.69) is 20.9 Å². The molecule has 0 spiro atoms. The molecular weight excluding hydrogens is 484 g/mol. The summed E-state index contributed by atoms with van der Waals surface area (Å²) in [6, 6.07) is 20.9. The van der Waals surface area contributed by atoms with Crippen molar-refractivity contribution < 1.29 is 19.4 Å². The van der Waals surface area contributed by atoms with Gasteiger partial charge < -0.3 is 14.8 Å². The normalized spacial score (nSPS) is 17.6. The number of carbonyl (C=O) groups excluding carboxylic acids is 2. The lowest BCUT2D eigenvalue weighted by molar-refractivity contribution is -0.132. The Bertz CT molecular complexity index is 1420. The lowest BCUT2D eigenvalue weighted by Gasteiger charge is -2.25.